The molecule has 2 fully saturated rings. The Labute approximate surface area is 180 Å². The maximum absolute atomic E-state index is 13.2. The highest BCUT2D eigenvalue weighted by Gasteiger charge is 2.33. The molecule has 6 nitrogen and oxygen atoms in total. The van der Waals surface area contributed by atoms with Gasteiger partial charge in [0, 0.05) is 37.9 Å². The SMILES string of the molecule is O=C(NC1CCCCC1)c1sccc1S(=O)(=O)N1CCN(c2ccc(F)cc2)CC1. The highest BCUT2D eigenvalue weighted by Crippen LogP contribution is 2.28. The average Bonchev–Trinajstić information content (AvgIpc) is 3.26. The number of piperazine rings is 1. The van der Waals surface area contributed by atoms with Crippen LogP contribution in [0.15, 0.2) is 40.6 Å². The second-order valence-electron chi connectivity index (χ2n) is 7.79. The molecule has 2 aliphatic rings. The third kappa shape index (κ3) is 4.53. The summed E-state index contributed by atoms with van der Waals surface area (Å²) in [6, 6.07) is 7.87. The number of amides is 1. The van der Waals surface area contributed by atoms with E-state index in [2.05, 4.69) is 5.32 Å². The lowest BCUT2D eigenvalue weighted by atomic mass is 9.95. The predicted molar refractivity (Wildman–Crippen MR) is 116 cm³/mol. The van der Waals surface area contributed by atoms with Crippen molar-refractivity contribution in [1.82, 2.24) is 9.62 Å². The van der Waals surface area contributed by atoms with E-state index >= 15 is 0 Å². The van der Waals surface area contributed by atoms with Crippen molar-refractivity contribution in [3.8, 4) is 0 Å². The summed E-state index contributed by atoms with van der Waals surface area (Å²) >= 11 is 1.17. The molecule has 0 unspecified atom stereocenters. The van der Waals surface area contributed by atoms with Crippen LogP contribution in [0.5, 0.6) is 0 Å². The zero-order valence-electron chi connectivity index (χ0n) is 16.7. The quantitative estimate of drug-likeness (QED) is 0.756. The van der Waals surface area contributed by atoms with Crippen molar-refractivity contribution in [2.75, 3.05) is 31.1 Å². The number of halogens is 1. The molecule has 1 aromatic heterocycles. The van der Waals surface area contributed by atoms with Crippen molar-refractivity contribution >= 4 is 33.0 Å². The molecule has 1 N–H and O–H groups in total. The van der Waals surface area contributed by atoms with E-state index in [4.69, 9.17) is 0 Å². The molecule has 9 heteroatoms. The Kier molecular flexibility index (Phi) is 6.40. The van der Waals surface area contributed by atoms with Gasteiger partial charge in [0.1, 0.15) is 15.6 Å². The molecule has 162 valence electrons. The topological polar surface area (TPSA) is 69.7 Å². The number of thiophene rings is 1. The van der Waals surface area contributed by atoms with Crippen LogP contribution in [0, 0.1) is 5.82 Å². The van der Waals surface area contributed by atoms with E-state index in [9.17, 15) is 17.6 Å². The first-order chi connectivity index (χ1) is 14.4. The molecule has 0 radical (unpaired) electrons. The van der Waals surface area contributed by atoms with Crippen LogP contribution in [0.3, 0.4) is 0 Å². The zero-order chi connectivity index (χ0) is 21.1. The molecule has 1 saturated carbocycles. The fourth-order valence-electron chi connectivity index (χ4n) is 4.14. The smallest absolute Gasteiger partial charge is 0.262 e. The molecule has 2 heterocycles. The van der Waals surface area contributed by atoms with Gasteiger partial charge in [0.25, 0.3) is 5.91 Å². The number of carbonyl (C=O) groups excluding carboxylic acids is 1. The van der Waals surface area contributed by atoms with Gasteiger partial charge in [0.2, 0.25) is 10.0 Å². The molecule has 1 aliphatic heterocycles. The second kappa shape index (κ2) is 9.03. The van der Waals surface area contributed by atoms with Crippen molar-refractivity contribution in [2.24, 2.45) is 0 Å². The first kappa shape index (κ1) is 21.3. The molecule has 1 amide bonds. The first-order valence-corrected chi connectivity index (χ1v) is 12.7. The number of hydrogen-bond acceptors (Lipinski definition) is 5. The van der Waals surface area contributed by atoms with Crippen LogP contribution in [0.1, 0.15) is 41.8 Å². The summed E-state index contributed by atoms with van der Waals surface area (Å²) in [4.78, 5) is 15.2. The van der Waals surface area contributed by atoms with Crippen molar-refractivity contribution in [3.05, 3.63) is 46.4 Å². The van der Waals surface area contributed by atoms with Crippen LogP contribution in [-0.2, 0) is 10.0 Å². The van der Waals surface area contributed by atoms with E-state index in [-0.39, 0.29) is 27.5 Å². The van der Waals surface area contributed by atoms with Gasteiger partial charge < -0.3 is 10.2 Å². The lowest BCUT2D eigenvalue weighted by Crippen LogP contribution is -2.49. The van der Waals surface area contributed by atoms with Crippen molar-refractivity contribution in [2.45, 2.75) is 43.0 Å². The second-order valence-corrected chi connectivity index (χ2v) is 10.6. The summed E-state index contributed by atoms with van der Waals surface area (Å²) in [6.07, 6.45) is 5.28. The Morgan fingerprint density at radius 3 is 2.33 bits per heavy atom. The van der Waals surface area contributed by atoms with E-state index in [1.165, 1.54) is 40.3 Å². The number of nitrogens with zero attached hydrogens (tertiary/aromatic N) is 2. The molecule has 0 spiro atoms. The maximum atomic E-state index is 13.2. The summed E-state index contributed by atoms with van der Waals surface area (Å²) in [6.45, 7) is 1.66. The van der Waals surface area contributed by atoms with Crippen molar-refractivity contribution in [3.63, 3.8) is 0 Å². The largest absolute Gasteiger partial charge is 0.369 e. The Bertz CT molecular complexity index is 977. The Morgan fingerprint density at radius 1 is 1.00 bits per heavy atom. The van der Waals surface area contributed by atoms with Crippen LogP contribution < -0.4 is 10.2 Å². The number of sulfonamides is 1. The average molecular weight is 452 g/mol. The highest BCUT2D eigenvalue weighted by molar-refractivity contribution is 7.89. The predicted octanol–water partition coefficient (Wildman–Crippen LogP) is 3.46. The number of hydrogen-bond donors (Lipinski definition) is 1. The number of rotatable bonds is 5. The van der Waals surface area contributed by atoms with E-state index in [0.717, 1.165) is 31.4 Å². The third-order valence-corrected chi connectivity index (χ3v) is 8.81. The van der Waals surface area contributed by atoms with E-state index in [1.807, 2.05) is 4.90 Å². The van der Waals surface area contributed by atoms with Gasteiger partial charge in [-0.25, -0.2) is 12.8 Å². The summed E-state index contributed by atoms with van der Waals surface area (Å²) in [5, 5.41) is 4.68. The third-order valence-electron chi connectivity index (χ3n) is 5.82. The van der Waals surface area contributed by atoms with Gasteiger partial charge in [-0.2, -0.15) is 4.31 Å². The first-order valence-electron chi connectivity index (χ1n) is 10.3. The van der Waals surface area contributed by atoms with Crippen LogP contribution in [0.4, 0.5) is 10.1 Å². The molecule has 1 aromatic carbocycles. The Hall–Kier alpha value is -1.97. The molecule has 30 heavy (non-hydrogen) atoms. The van der Waals surface area contributed by atoms with Crippen LogP contribution in [-0.4, -0.2) is 50.9 Å². The molecule has 2 aromatic rings. The van der Waals surface area contributed by atoms with E-state index in [1.54, 1.807) is 17.5 Å². The van der Waals surface area contributed by atoms with Gasteiger partial charge in [0.15, 0.2) is 0 Å². The number of carbonyl (C=O) groups is 1. The van der Waals surface area contributed by atoms with Gasteiger partial charge >= 0.3 is 0 Å². The summed E-state index contributed by atoms with van der Waals surface area (Å²) in [7, 11) is -3.75. The lowest BCUT2D eigenvalue weighted by molar-refractivity contribution is 0.0928. The molecule has 1 aliphatic carbocycles. The van der Waals surface area contributed by atoms with Gasteiger partial charge in [-0.1, -0.05) is 19.3 Å². The van der Waals surface area contributed by atoms with Crippen molar-refractivity contribution < 1.29 is 17.6 Å². The lowest BCUT2D eigenvalue weighted by Gasteiger charge is -2.35. The highest BCUT2D eigenvalue weighted by atomic mass is 32.2. The van der Waals surface area contributed by atoms with Crippen LogP contribution in [0.2, 0.25) is 0 Å². The van der Waals surface area contributed by atoms with Crippen LogP contribution in [0.25, 0.3) is 0 Å². The Balaban J connectivity index is 1.44. The number of nitrogens with one attached hydrogen (secondary N) is 1. The molecule has 4 rings (SSSR count). The van der Waals surface area contributed by atoms with Gasteiger partial charge in [-0.15, -0.1) is 11.3 Å². The molecule has 1 saturated heterocycles. The maximum Gasteiger partial charge on any atom is 0.262 e. The minimum absolute atomic E-state index is 0.0936. The fraction of sp³-hybridized carbons (Fsp3) is 0.476. The molecule has 0 bridgehead atoms. The fourth-order valence-corrected chi connectivity index (χ4v) is 6.87. The van der Waals surface area contributed by atoms with Gasteiger partial charge in [0.05, 0.1) is 0 Å². The Morgan fingerprint density at radius 2 is 1.67 bits per heavy atom. The standard InChI is InChI=1S/C21H26FN3O3S2/c22-16-6-8-18(9-7-16)24-11-13-25(14-12-24)30(27,28)19-10-15-29-20(19)21(26)23-17-4-2-1-3-5-17/h6-10,15,17H,1-5,11-14H2,(H,23,26). The van der Waals surface area contributed by atoms with Crippen LogP contribution >= 0.6 is 11.3 Å². The summed E-state index contributed by atoms with van der Waals surface area (Å²) in [5.74, 6) is -0.586. The van der Waals surface area contributed by atoms with Gasteiger partial charge in [-0.3, -0.25) is 4.79 Å². The minimum atomic E-state index is -3.75. The number of benzene rings is 1. The van der Waals surface area contributed by atoms with Crippen molar-refractivity contribution in [1.29, 1.82) is 0 Å². The molecular formula is C21H26FN3O3S2. The normalized spacial score (nSPS) is 19.0. The van der Waals surface area contributed by atoms with E-state index < -0.39 is 10.0 Å². The number of anilines is 1. The summed E-state index contributed by atoms with van der Waals surface area (Å²) < 4.78 is 41.1. The van der Waals surface area contributed by atoms with Gasteiger partial charge in [-0.05, 0) is 48.6 Å². The zero-order valence-corrected chi connectivity index (χ0v) is 18.4. The molecule has 0 atom stereocenters. The molecular weight excluding hydrogens is 425 g/mol. The monoisotopic (exact) mass is 451 g/mol. The van der Waals surface area contributed by atoms with E-state index in [0.29, 0.717) is 26.2 Å². The summed E-state index contributed by atoms with van der Waals surface area (Å²) in [5.41, 5.74) is 0.872. The minimum Gasteiger partial charge on any atom is -0.369 e.